The van der Waals surface area contributed by atoms with Crippen molar-refractivity contribution in [2.24, 2.45) is 0 Å². The molecule has 0 atom stereocenters. The summed E-state index contributed by atoms with van der Waals surface area (Å²) >= 11 is 5.81. The second-order valence-corrected chi connectivity index (χ2v) is 4.92. The van der Waals surface area contributed by atoms with Crippen LogP contribution < -0.4 is 10.6 Å². The third-order valence-corrected chi connectivity index (χ3v) is 3.03. The van der Waals surface area contributed by atoms with Crippen LogP contribution in [0.4, 0.5) is 11.4 Å². The maximum absolute atomic E-state index is 12.0. The Morgan fingerprint density at radius 3 is 2.70 bits per heavy atom. The van der Waals surface area contributed by atoms with Crippen LogP contribution in [0.1, 0.15) is 0 Å². The number of aromatic hydroxyl groups is 2. The number of benzene rings is 2. The SMILES string of the molecule is N#C/C(=C/Nc1cc(Cl)ccc1O)C(=O)Nc1cccc(O)c1. The molecular formula is C16H12ClN3O3. The van der Waals surface area contributed by atoms with E-state index in [0.29, 0.717) is 10.7 Å². The number of rotatable bonds is 4. The van der Waals surface area contributed by atoms with Crippen LogP contribution in [0.5, 0.6) is 11.5 Å². The first kappa shape index (κ1) is 16.2. The van der Waals surface area contributed by atoms with Crippen LogP contribution >= 0.6 is 11.6 Å². The van der Waals surface area contributed by atoms with Crippen molar-refractivity contribution in [1.82, 2.24) is 0 Å². The molecule has 0 fully saturated rings. The molecular weight excluding hydrogens is 318 g/mol. The standard InChI is InChI=1S/C16H12ClN3O3/c17-11-4-5-15(22)14(6-11)19-9-10(8-18)16(23)20-12-2-1-3-13(21)7-12/h1-7,9,19,21-22H,(H,20,23)/b10-9-. The number of phenols is 2. The molecule has 0 aromatic heterocycles. The molecule has 0 saturated carbocycles. The normalized spacial score (nSPS) is 10.7. The number of nitrogens with one attached hydrogen (secondary N) is 2. The third kappa shape index (κ3) is 4.40. The average Bonchev–Trinajstić information content (AvgIpc) is 2.51. The number of halogens is 1. The number of amides is 1. The van der Waals surface area contributed by atoms with Gasteiger partial charge in [0.25, 0.3) is 5.91 Å². The summed E-state index contributed by atoms with van der Waals surface area (Å²) in [4.78, 5) is 12.0. The number of anilines is 2. The van der Waals surface area contributed by atoms with Crippen molar-refractivity contribution >= 4 is 28.9 Å². The minimum Gasteiger partial charge on any atom is -0.508 e. The van der Waals surface area contributed by atoms with Gasteiger partial charge in [-0.3, -0.25) is 4.79 Å². The lowest BCUT2D eigenvalue weighted by molar-refractivity contribution is -0.112. The van der Waals surface area contributed by atoms with Crippen molar-refractivity contribution in [1.29, 1.82) is 5.26 Å². The third-order valence-electron chi connectivity index (χ3n) is 2.80. The quantitative estimate of drug-likeness (QED) is 0.391. The van der Waals surface area contributed by atoms with E-state index in [0.717, 1.165) is 6.20 Å². The van der Waals surface area contributed by atoms with Crippen LogP contribution in [0.3, 0.4) is 0 Å². The van der Waals surface area contributed by atoms with Crippen LogP contribution in [0.2, 0.25) is 5.02 Å². The lowest BCUT2D eigenvalue weighted by atomic mass is 10.2. The number of phenolic OH excluding ortho intramolecular Hbond substituents is 2. The Morgan fingerprint density at radius 1 is 1.22 bits per heavy atom. The molecule has 116 valence electrons. The molecule has 0 spiro atoms. The van der Waals surface area contributed by atoms with Crippen molar-refractivity contribution in [3.05, 3.63) is 59.3 Å². The fourth-order valence-corrected chi connectivity index (χ4v) is 1.88. The summed E-state index contributed by atoms with van der Waals surface area (Å²) in [7, 11) is 0. The predicted octanol–water partition coefficient (Wildman–Crippen LogP) is 3.21. The van der Waals surface area contributed by atoms with Crippen LogP contribution in [0.15, 0.2) is 54.2 Å². The van der Waals surface area contributed by atoms with Gasteiger partial charge in [-0.15, -0.1) is 0 Å². The molecule has 0 unspecified atom stereocenters. The van der Waals surface area contributed by atoms with E-state index in [4.69, 9.17) is 16.9 Å². The van der Waals surface area contributed by atoms with Crippen molar-refractivity contribution < 1.29 is 15.0 Å². The molecule has 0 saturated heterocycles. The summed E-state index contributed by atoms with van der Waals surface area (Å²) in [6.45, 7) is 0. The molecule has 6 nitrogen and oxygen atoms in total. The fraction of sp³-hybridized carbons (Fsp3) is 0. The van der Waals surface area contributed by atoms with Gasteiger partial charge in [0, 0.05) is 23.0 Å². The zero-order valence-corrected chi connectivity index (χ0v) is 12.5. The van der Waals surface area contributed by atoms with E-state index in [1.165, 1.54) is 30.3 Å². The molecule has 7 heteroatoms. The van der Waals surface area contributed by atoms with Crippen molar-refractivity contribution in [3.8, 4) is 17.6 Å². The van der Waals surface area contributed by atoms with Gasteiger partial charge in [0.05, 0.1) is 5.69 Å². The van der Waals surface area contributed by atoms with Crippen LogP contribution in [0, 0.1) is 11.3 Å². The van der Waals surface area contributed by atoms with E-state index in [9.17, 15) is 15.0 Å². The summed E-state index contributed by atoms with van der Waals surface area (Å²) in [5, 5.41) is 33.6. The van der Waals surface area contributed by atoms with E-state index in [2.05, 4.69) is 10.6 Å². The van der Waals surface area contributed by atoms with Crippen LogP contribution in [0.25, 0.3) is 0 Å². The maximum Gasteiger partial charge on any atom is 0.267 e. The molecule has 4 N–H and O–H groups in total. The maximum atomic E-state index is 12.0. The highest BCUT2D eigenvalue weighted by molar-refractivity contribution is 6.30. The number of hydrogen-bond donors (Lipinski definition) is 4. The van der Waals surface area contributed by atoms with Gasteiger partial charge in [-0.05, 0) is 30.3 Å². The minimum absolute atomic E-state index is 0.00716. The number of hydrogen-bond acceptors (Lipinski definition) is 5. The number of carbonyl (C=O) groups is 1. The van der Waals surface area contributed by atoms with E-state index in [1.807, 2.05) is 0 Å². The first-order valence-corrected chi connectivity index (χ1v) is 6.83. The average molecular weight is 330 g/mol. The van der Waals surface area contributed by atoms with Gasteiger partial charge < -0.3 is 20.8 Å². The number of nitrogens with zero attached hydrogens (tertiary/aromatic N) is 1. The summed E-state index contributed by atoms with van der Waals surface area (Å²) in [5.41, 5.74) is 0.393. The number of carbonyl (C=O) groups excluding carboxylic acids is 1. The van der Waals surface area contributed by atoms with Crippen LogP contribution in [-0.4, -0.2) is 16.1 Å². The molecule has 1 amide bonds. The monoisotopic (exact) mass is 329 g/mol. The molecule has 23 heavy (non-hydrogen) atoms. The smallest absolute Gasteiger partial charge is 0.267 e. The van der Waals surface area contributed by atoms with E-state index in [1.54, 1.807) is 18.2 Å². The van der Waals surface area contributed by atoms with Crippen molar-refractivity contribution in [3.63, 3.8) is 0 Å². The topological polar surface area (TPSA) is 105 Å². The first-order chi connectivity index (χ1) is 11.0. The Labute approximate surface area is 137 Å². The Balaban J connectivity index is 2.14. The summed E-state index contributed by atoms with van der Waals surface area (Å²) in [6, 6.07) is 12.0. The molecule has 0 bridgehead atoms. The Hall–Kier alpha value is -3.17. The molecule has 0 aliphatic carbocycles. The highest BCUT2D eigenvalue weighted by Gasteiger charge is 2.10. The van der Waals surface area contributed by atoms with Gasteiger partial charge in [-0.2, -0.15) is 5.26 Å². The molecule has 0 aliphatic rings. The van der Waals surface area contributed by atoms with E-state index < -0.39 is 5.91 Å². The Morgan fingerprint density at radius 2 is 2.00 bits per heavy atom. The van der Waals surface area contributed by atoms with Gasteiger partial charge in [-0.1, -0.05) is 17.7 Å². The lowest BCUT2D eigenvalue weighted by Gasteiger charge is -2.07. The fourth-order valence-electron chi connectivity index (χ4n) is 1.70. The molecule has 2 aromatic rings. The van der Waals surface area contributed by atoms with Crippen molar-refractivity contribution in [2.45, 2.75) is 0 Å². The zero-order valence-electron chi connectivity index (χ0n) is 11.7. The van der Waals surface area contributed by atoms with E-state index >= 15 is 0 Å². The van der Waals surface area contributed by atoms with Crippen LogP contribution in [-0.2, 0) is 4.79 Å². The lowest BCUT2D eigenvalue weighted by Crippen LogP contribution is -2.14. The largest absolute Gasteiger partial charge is 0.508 e. The summed E-state index contributed by atoms with van der Waals surface area (Å²) in [6.07, 6.45) is 1.16. The first-order valence-electron chi connectivity index (χ1n) is 6.45. The molecule has 0 aliphatic heterocycles. The number of nitriles is 1. The highest BCUT2D eigenvalue weighted by Crippen LogP contribution is 2.26. The zero-order chi connectivity index (χ0) is 16.8. The molecule has 2 rings (SSSR count). The summed E-state index contributed by atoms with van der Waals surface area (Å²) < 4.78 is 0. The van der Waals surface area contributed by atoms with Gasteiger partial charge >= 0.3 is 0 Å². The molecule has 2 aromatic carbocycles. The Kier molecular flexibility index (Phi) is 5.07. The van der Waals surface area contributed by atoms with Crippen molar-refractivity contribution in [2.75, 3.05) is 10.6 Å². The van der Waals surface area contributed by atoms with Gasteiger partial charge in [0.15, 0.2) is 0 Å². The molecule has 0 radical (unpaired) electrons. The minimum atomic E-state index is -0.660. The predicted molar refractivity (Wildman–Crippen MR) is 87.2 cm³/mol. The van der Waals surface area contributed by atoms with E-state index in [-0.39, 0.29) is 22.8 Å². The highest BCUT2D eigenvalue weighted by atomic mass is 35.5. The molecule has 0 heterocycles. The second-order valence-electron chi connectivity index (χ2n) is 4.48. The van der Waals surface area contributed by atoms with Gasteiger partial charge in [-0.25, -0.2) is 0 Å². The van der Waals surface area contributed by atoms with Gasteiger partial charge in [0.1, 0.15) is 23.1 Å². The summed E-state index contributed by atoms with van der Waals surface area (Å²) in [5.74, 6) is -0.740. The Bertz CT molecular complexity index is 812. The second kappa shape index (κ2) is 7.20. The van der Waals surface area contributed by atoms with Gasteiger partial charge in [0.2, 0.25) is 0 Å².